The lowest BCUT2D eigenvalue weighted by Gasteiger charge is -2.25. The molecule has 1 heterocycles. The third kappa shape index (κ3) is 1.85. The van der Waals surface area contributed by atoms with Crippen molar-refractivity contribution in [1.82, 2.24) is 0 Å². The first-order chi connectivity index (χ1) is 7.65. The molecule has 0 unspecified atom stereocenters. The molecule has 0 saturated heterocycles. The SMILES string of the molecule is CC(C)c1c(CO)c(Cl)cc2c1OCCO2. The fourth-order valence-electron chi connectivity index (χ4n) is 1.99. The van der Waals surface area contributed by atoms with Crippen molar-refractivity contribution in [2.24, 2.45) is 0 Å². The number of fused-ring (bicyclic) bond motifs is 1. The molecule has 1 aromatic rings. The Morgan fingerprint density at radius 3 is 2.69 bits per heavy atom. The molecule has 1 aromatic carbocycles. The average Bonchev–Trinajstić information content (AvgIpc) is 2.26. The Bertz CT molecular complexity index is 402. The lowest BCUT2D eigenvalue weighted by molar-refractivity contribution is 0.168. The van der Waals surface area contributed by atoms with E-state index < -0.39 is 0 Å². The van der Waals surface area contributed by atoms with Crippen LogP contribution in [0.25, 0.3) is 0 Å². The Hall–Kier alpha value is -0.930. The van der Waals surface area contributed by atoms with Gasteiger partial charge in [0, 0.05) is 17.2 Å². The Labute approximate surface area is 99.9 Å². The Kier molecular flexibility index (Phi) is 3.26. The Morgan fingerprint density at radius 2 is 2.06 bits per heavy atom. The van der Waals surface area contributed by atoms with Gasteiger partial charge in [0.05, 0.1) is 11.6 Å². The van der Waals surface area contributed by atoms with Gasteiger partial charge in [-0.3, -0.25) is 0 Å². The van der Waals surface area contributed by atoms with Crippen LogP contribution in [0.5, 0.6) is 11.5 Å². The lowest BCUT2D eigenvalue weighted by atomic mass is 9.95. The van der Waals surface area contributed by atoms with Crippen molar-refractivity contribution < 1.29 is 14.6 Å². The lowest BCUT2D eigenvalue weighted by Crippen LogP contribution is -2.18. The van der Waals surface area contributed by atoms with Gasteiger partial charge in [-0.05, 0) is 5.92 Å². The first kappa shape index (κ1) is 11.6. The van der Waals surface area contributed by atoms with Crippen molar-refractivity contribution in [2.45, 2.75) is 26.4 Å². The molecule has 3 nitrogen and oxygen atoms in total. The second kappa shape index (κ2) is 4.52. The summed E-state index contributed by atoms with van der Waals surface area (Å²) in [4.78, 5) is 0. The monoisotopic (exact) mass is 242 g/mol. The Morgan fingerprint density at radius 1 is 1.38 bits per heavy atom. The van der Waals surface area contributed by atoms with E-state index >= 15 is 0 Å². The molecule has 0 fully saturated rings. The van der Waals surface area contributed by atoms with Crippen LogP contribution in [0.3, 0.4) is 0 Å². The van der Waals surface area contributed by atoms with Crippen molar-refractivity contribution in [3.05, 3.63) is 22.2 Å². The number of ether oxygens (including phenoxy) is 2. The molecule has 0 amide bonds. The number of halogens is 1. The molecule has 1 N–H and O–H groups in total. The van der Waals surface area contributed by atoms with Gasteiger partial charge in [0.25, 0.3) is 0 Å². The first-order valence-corrected chi connectivity index (χ1v) is 5.74. The molecular formula is C12H15ClO3. The summed E-state index contributed by atoms with van der Waals surface area (Å²) in [5.41, 5.74) is 1.69. The largest absolute Gasteiger partial charge is 0.486 e. The minimum atomic E-state index is -0.0804. The van der Waals surface area contributed by atoms with Crippen molar-refractivity contribution in [3.8, 4) is 11.5 Å². The smallest absolute Gasteiger partial charge is 0.165 e. The third-order valence-corrected chi connectivity index (χ3v) is 3.00. The number of hydrogen-bond acceptors (Lipinski definition) is 3. The molecular weight excluding hydrogens is 228 g/mol. The van der Waals surface area contributed by atoms with E-state index in [-0.39, 0.29) is 12.5 Å². The van der Waals surface area contributed by atoms with Crippen molar-refractivity contribution in [3.63, 3.8) is 0 Å². The molecule has 1 aliphatic heterocycles. The summed E-state index contributed by atoms with van der Waals surface area (Å²) < 4.78 is 11.1. The number of hydrogen-bond donors (Lipinski definition) is 1. The van der Waals surface area contributed by atoms with E-state index in [1.807, 2.05) is 13.8 Å². The van der Waals surface area contributed by atoms with Gasteiger partial charge in [0.2, 0.25) is 0 Å². The van der Waals surface area contributed by atoms with Crippen LogP contribution in [0.15, 0.2) is 6.07 Å². The van der Waals surface area contributed by atoms with Crippen molar-refractivity contribution in [1.29, 1.82) is 0 Å². The zero-order valence-electron chi connectivity index (χ0n) is 9.42. The maximum atomic E-state index is 9.37. The third-order valence-electron chi connectivity index (χ3n) is 2.66. The number of benzene rings is 1. The standard InChI is InChI=1S/C12H15ClO3/c1-7(2)11-8(6-14)9(13)5-10-12(11)16-4-3-15-10/h5,7,14H,3-4,6H2,1-2H3. The van der Waals surface area contributed by atoms with Crippen LogP contribution in [-0.2, 0) is 6.61 Å². The summed E-state index contributed by atoms with van der Waals surface area (Å²) >= 11 is 6.12. The summed E-state index contributed by atoms with van der Waals surface area (Å²) in [6.45, 7) is 5.09. The minimum Gasteiger partial charge on any atom is -0.486 e. The van der Waals surface area contributed by atoms with E-state index in [4.69, 9.17) is 21.1 Å². The van der Waals surface area contributed by atoms with E-state index in [0.717, 1.165) is 16.9 Å². The first-order valence-electron chi connectivity index (χ1n) is 5.37. The summed E-state index contributed by atoms with van der Waals surface area (Å²) in [6, 6.07) is 1.72. The highest BCUT2D eigenvalue weighted by atomic mass is 35.5. The minimum absolute atomic E-state index is 0.0804. The average molecular weight is 243 g/mol. The van der Waals surface area contributed by atoms with Gasteiger partial charge < -0.3 is 14.6 Å². The van der Waals surface area contributed by atoms with Crippen molar-refractivity contribution in [2.75, 3.05) is 13.2 Å². The zero-order valence-corrected chi connectivity index (χ0v) is 10.2. The second-order valence-electron chi connectivity index (χ2n) is 4.09. The van der Waals surface area contributed by atoms with Gasteiger partial charge in [0.15, 0.2) is 11.5 Å². The fourth-order valence-corrected chi connectivity index (χ4v) is 2.25. The molecule has 0 aliphatic carbocycles. The quantitative estimate of drug-likeness (QED) is 0.867. The molecule has 16 heavy (non-hydrogen) atoms. The van der Waals surface area contributed by atoms with Gasteiger partial charge in [-0.1, -0.05) is 25.4 Å². The summed E-state index contributed by atoms with van der Waals surface area (Å²) in [7, 11) is 0. The van der Waals surface area contributed by atoms with Gasteiger partial charge in [-0.25, -0.2) is 0 Å². The Balaban J connectivity index is 2.64. The maximum Gasteiger partial charge on any atom is 0.165 e. The van der Waals surface area contributed by atoms with E-state index in [1.165, 1.54) is 0 Å². The molecule has 0 bridgehead atoms. The molecule has 0 atom stereocenters. The predicted molar refractivity (Wildman–Crippen MR) is 62.5 cm³/mol. The van der Waals surface area contributed by atoms with Crippen LogP contribution in [0.4, 0.5) is 0 Å². The second-order valence-corrected chi connectivity index (χ2v) is 4.49. The van der Waals surface area contributed by atoms with Gasteiger partial charge >= 0.3 is 0 Å². The molecule has 0 radical (unpaired) electrons. The van der Waals surface area contributed by atoms with Gasteiger partial charge in [-0.2, -0.15) is 0 Å². The predicted octanol–water partition coefficient (Wildman–Crippen LogP) is 2.73. The van der Waals surface area contributed by atoms with Crippen LogP contribution in [0.1, 0.15) is 30.9 Å². The molecule has 4 heteroatoms. The number of aliphatic hydroxyl groups excluding tert-OH is 1. The summed E-state index contributed by atoms with van der Waals surface area (Å²) in [5.74, 6) is 1.64. The topological polar surface area (TPSA) is 38.7 Å². The van der Waals surface area contributed by atoms with Gasteiger partial charge in [0.1, 0.15) is 13.2 Å². The van der Waals surface area contributed by atoms with E-state index in [9.17, 15) is 5.11 Å². The number of rotatable bonds is 2. The van der Waals surface area contributed by atoms with Gasteiger partial charge in [-0.15, -0.1) is 0 Å². The van der Waals surface area contributed by atoms with Crippen LogP contribution >= 0.6 is 11.6 Å². The molecule has 88 valence electrons. The van der Waals surface area contributed by atoms with Crippen molar-refractivity contribution >= 4 is 11.6 Å². The fraction of sp³-hybridized carbons (Fsp3) is 0.500. The molecule has 0 spiro atoms. The van der Waals surface area contributed by atoms with Crippen LogP contribution < -0.4 is 9.47 Å². The van der Waals surface area contributed by atoms with E-state index in [1.54, 1.807) is 6.07 Å². The van der Waals surface area contributed by atoms with Crippen LogP contribution in [0.2, 0.25) is 5.02 Å². The molecule has 1 aliphatic rings. The zero-order chi connectivity index (χ0) is 11.7. The number of aliphatic hydroxyl groups is 1. The highest BCUT2D eigenvalue weighted by Crippen LogP contribution is 2.43. The summed E-state index contributed by atoms with van der Waals surface area (Å²) in [5, 5.41) is 9.91. The molecule has 0 saturated carbocycles. The normalized spacial score (nSPS) is 14.3. The van der Waals surface area contributed by atoms with Crippen LogP contribution in [-0.4, -0.2) is 18.3 Å². The highest BCUT2D eigenvalue weighted by Gasteiger charge is 2.23. The summed E-state index contributed by atoms with van der Waals surface area (Å²) in [6.07, 6.45) is 0. The highest BCUT2D eigenvalue weighted by molar-refractivity contribution is 6.31. The van der Waals surface area contributed by atoms with E-state index in [2.05, 4.69) is 0 Å². The molecule has 2 rings (SSSR count). The molecule has 0 aromatic heterocycles. The van der Waals surface area contributed by atoms with E-state index in [0.29, 0.717) is 24.0 Å². The van der Waals surface area contributed by atoms with Crippen LogP contribution in [0, 0.1) is 0 Å². The maximum absolute atomic E-state index is 9.37.